The topological polar surface area (TPSA) is 132 Å². The van der Waals surface area contributed by atoms with Gasteiger partial charge in [-0.2, -0.15) is 13.2 Å². The lowest BCUT2D eigenvalue weighted by Gasteiger charge is -2.23. The van der Waals surface area contributed by atoms with Crippen molar-refractivity contribution in [3.05, 3.63) is 108 Å². The van der Waals surface area contributed by atoms with E-state index in [9.17, 15) is 27.5 Å². The van der Waals surface area contributed by atoms with Gasteiger partial charge in [0.1, 0.15) is 30.0 Å². The zero-order valence-corrected chi connectivity index (χ0v) is 21.5. The van der Waals surface area contributed by atoms with Gasteiger partial charge in [0.2, 0.25) is 6.10 Å². The Hall–Kier alpha value is -4.84. The number of halogens is 4. The number of nitrogens with two attached hydrogens (primary N) is 2. The first kappa shape index (κ1) is 29.2. The van der Waals surface area contributed by atoms with Gasteiger partial charge in [0, 0.05) is 29.3 Å². The fourth-order valence-electron chi connectivity index (χ4n) is 4.12. The quantitative estimate of drug-likeness (QED) is 0.0998. The summed E-state index contributed by atoms with van der Waals surface area (Å²) in [6.07, 6.45) is -6.03. The summed E-state index contributed by atoms with van der Waals surface area (Å²) in [5.41, 5.74) is 13.0. The number of nitrogens with zero attached hydrogens (tertiary/aromatic N) is 1. The van der Waals surface area contributed by atoms with E-state index in [4.69, 9.17) is 20.9 Å². The lowest BCUT2D eigenvalue weighted by atomic mass is 10.0. The summed E-state index contributed by atoms with van der Waals surface area (Å²) < 4.78 is 66.6. The minimum Gasteiger partial charge on any atom is -0.491 e. The molecule has 0 amide bonds. The maximum atomic E-state index is 14.1. The molecule has 0 radical (unpaired) electrons. The maximum absolute atomic E-state index is 14.1. The van der Waals surface area contributed by atoms with Gasteiger partial charge < -0.3 is 26.0 Å². The van der Waals surface area contributed by atoms with Crippen LogP contribution in [0.15, 0.2) is 90.1 Å². The highest BCUT2D eigenvalue weighted by atomic mass is 19.4. The molecule has 0 saturated carbocycles. The molecule has 8 nitrogen and oxygen atoms in total. The highest BCUT2D eigenvalue weighted by Gasteiger charge is 2.43. The summed E-state index contributed by atoms with van der Waals surface area (Å²) in [7, 11) is 0. The van der Waals surface area contributed by atoms with Crippen LogP contribution in [0.4, 0.5) is 17.6 Å². The van der Waals surface area contributed by atoms with E-state index in [-0.39, 0.29) is 36.1 Å². The van der Waals surface area contributed by atoms with Crippen LogP contribution in [0.3, 0.4) is 0 Å². The first-order valence-corrected chi connectivity index (χ1v) is 12.2. The summed E-state index contributed by atoms with van der Waals surface area (Å²) in [5, 5.41) is 12.1. The smallest absolute Gasteiger partial charge is 0.429 e. The molecule has 0 spiro atoms. The molecule has 6 N–H and O–H groups in total. The van der Waals surface area contributed by atoms with E-state index >= 15 is 0 Å². The number of hydrogen-bond acceptors (Lipinski definition) is 5. The number of aliphatic carboxylic acids is 1. The van der Waals surface area contributed by atoms with E-state index in [1.807, 2.05) is 0 Å². The summed E-state index contributed by atoms with van der Waals surface area (Å²) in [4.78, 5) is 15.3. The number of alkyl halides is 3. The molecule has 1 heterocycles. The van der Waals surface area contributed by atoms with Crippen LogP contribution in [0, 0.1) is 5.82 Å². The van der Waals surface area contributed by atoms with Gasteiger partial charge in [0.05, 0.1) is 5.70 Å². The molecule has 3 aromatic rings. The summed E-state index contributed by atoms with van der Waals surface area (Å²) in [6.45, 7) is 3.69. The van der Waals surface area contributed by atoms with E-state index in [1.165, 1.54) is 42.5 Å². The van der Waals surface area contributed by atoms with E-state index in [0.29, 0.717) is 28.0 Å². The van der Waals surface area contributed by atoms with Gasteiger partial charge in [-0.3, -0.25) is 10.1 Å². The van der Waals surface area contributed by atoms with Gasteiger partial charge in [-0.25, -0.2) is 9.38 Å². The number of aliphatic imine (C=N–C) groups is 1. The van der Waals surface area contributed by atoms with Gasteiger partial charge >= 0.3 is 12.1 Å². The maximum Gasteiger partial charge on any atom is 0.429 e. The van der Waals surface area contributed by atoms with Crippen LogP contribution in [0.1, 0.15) is 22.8 Å². The average molecular weight is 571 g/mol. The normalized spacial score (nSPS) is 16.0. The molecule has 1 aliphatic rings. The van der Waals surface area contributed by atoms with Gasteiger partial charge in [-0.05, 0) is 29.3 Å². The molecule has 4 rings (SSSR count). The van der Waals surface area contributed by atoms with Crippen molar-refractivity contribution in [1.82, 2.24) is 5.32 Å². The number of nitrogens with one attached hydrogen (secondary N) is 1. The average Bonchev–Trinajstić information content (AvgIpc) is 3.13. The zero-order valence-electron chi connectivity index (χ0n) is 21.5. The van der Waals surface area contributed by atoms with Crippen LogP contribution in [0.5, 0.6) is 5.75 Å². The Kier molecular flexibility index (Phi) is 8.62. The van der Waals surface area contributed by atoms with Gasteiger partial charge in [-0.15, -0.1) is 0 Å². The third-order valence-corrected chi connectivity index (χ3v) is 6.09. The van der Waals surface area contributed by atoms with Crippen LogP contribution in [-0.2, 0) is 16.1 Å². The minimum absolute atomic E-state index is 0.0377. The standard InChI is InChI=1S/C29H26F4N4O4/c1-16(41-26(29(31,32)33)18-7-5-17(6-8-18)19-3-2-4-22(30)12-19)11-23(37-28(34)35)20-9-10-21-14-36-24(27(38)39)15-40-25(21)13-20/h2-13,24,26,36H,1,14-15H2,(H,38,39)(H4,34,35,37)/b23-11-. The molecule has 0 bridgehead atoms. The molecule has 2 unspecified atom stereocenters. The summed E-state index contributed by atoms with van der Waals surface area (Å²) in [5.74, 6) is -1.94. The number of hydrogen-bond donors (Lipinski definition) is 4. The first-order valence-electron chi connectivity index (χ1n) is 12.2. The van der Waals surface area contributed by atoms with Crippen molar-refractivity contribution in [3.63, 3.8) is 0 Å². The monoisotopic (exact) mass is 570 g/mol. The predicted molar refractivity (Wildman–Crippen MR) is 145 cm³/mol. The lowest BCUT2D eigenvalue weighted by molar-refractivity contribution is -0.211. The first-order chi connectivity index (χ1) is 19.4. The molecule has 214 valence electrons. The molecular formula is C29H26F4N4O4. The van der Waals surface area contributed by atoms with Crippen LogP contribution in [0.2, 0.25) is 0 Å². The number of benzene rings is 3. The molecule has 2 atom stereocenters. The number of guanidine groups is 1. The molecule has 12 heteroatoms. The number of carboxylic acids is 1. The molecule has 1 aliphatic heterocycles. The lowest BCUT2D eigenvalue weighted by Crippen LogP contribution is -2.39. The number of fused-ring (bicyclic) bond motifs is 1. The van der Waals surface area contributed by atoms with Crippen molar-refractivity contribution in [3.8, 4) is 16.9 Å². The van der Waals surface area contributed by atoms with E-state index < -0.39 is 30.1 Å². The molecule has 41 heavy (non-hydrogen) atoms. The number of carbonyl (C=O) groups is 1. The van der Waals surface area contributed by atoms with Gasteiger partial charge in [-0.1, -0.05) is 55.1 Å². The second-order valence-electron chi connectivity index (χ2n) is 9.11. The number of allylic oxidation sites excluding steroid dienone is 1. The fourth-order valence-corrected chi connectivity index (χ4v) is 4.12. The molecule has 0 saturated heterocycles. The molecule has 0 aliphatic carbocycles. The highest BCUT2D eigenvalue weighted by molar-refractivity contribution is 5.84. The van der Waals surface area contributed by atoms with Crippen molar-refractivity contribution in [2.45, 2.75) is 24.9 Å². The Morgan fingerprint density at radius 3 is 2.49 bits per heavy atom. The molecule has 0 fully saturated rings. The summed E-state index contributed by atoms with van der Waals surface area (Å²) >= 11 is 0. The minimum atomic E-state index is -4.81. The molecule has 0 aromatic heterocycles. The Bertz CT molecular complexity index is 1500. The summed E-state index contributed by atoms with van der Waals surface area (Å²) in [6, 6.07) is 14.9. The van der Waals surface area contributed by atoms with Crippen LogP contribution < -0.4 is 21.5 Å². The number of carboxylic acid groups (broad SMARTS) is 1. The highest BCUT2D eigenvalue weighted by Crippen LogP contribution is 2.39. The van der Waals surface area contributed by atoms with Crippen molar-refractivity contribution in [2.24, 2.45) is 16.5 Å². The third kappa shape index (κ3) is 7.42. The predicted octanol–water partition coefficient (Wildman–Crippen LogP) is 4.88. The number of ether oxygens (including phenoxy) is 2. The largest absolute Gasteiger partial charge is 0.491 e. The molecule has 3 aromatic carbocycles. The Morgan fingerprint density at radius 2 is 1.85 bits per heavy atom. The fraction of sp³-hybridized carbons (Fsp3) is 0.172. The number of rotatable bonds is 8. The molecular weight excluding hydrogens is 544 g/mol. The second-order valence-corrected chi connectivity index (χ2v) is 9.11. The SMILES string of the molecule is C=C(/C=C(\N=C(N)N)c1ccc2c(c1)OCC(C(=O)O)NC2)OC(c1ccc(-c2cccc(F)c2)cc1)C(F)(F)F. The third-order valence-electron chi connectivity index (χ3n) is 6.09. The van der Waals surface area contributed by atoms with E-state index in [0.717, 1.165) is 6.08 Å². The van der Waals surface area contributed by atoms with E-state index in [1.54, 1.807) is 24.3 Å². The van der Waals surface area contributed by atoms with Crippen molar-refractivity contribution >= 4 is 17.6 Å². The Labute approximate surface area is 232 Å². The van der Waals surface area contributed by atoms with Gasteiger partial charge in [0.15, 0.2) is 5.96 Å². The van der Waals surface area contributed by atoms with Crippen LogP contribution in [-0.4, -0.2) is 35.9 Å². The van der Waals surface area contributed by atoms with Gasteiger partial charge in [0.25, 0.3) is 0 Å². The zero-order chi connectivity index (χ0) is 29.7. The van der Waals surface area contributed by atoms with Crippen molar-refractivity contribution in [1.29, 1.82) is 0 Å². The van der Waals surface area contributed by atoms with Crippen LogP contribution >= 0.6 is 0 Å². The van der Waals surface area contributed by atoms with Crippen molar-refractivity contribution in [2.75, 3.05) is 6.61 Å². The second kappa shape index (κ2) is 12.1. The Balaban J connectivity index is 1.60. The Morgan fingerprint density at radius 1 is 1.12 bits per heavy atom. The van der Waals surface area contributed by atoms with Crippen molar-refractivity contribution < 1.29 is 36.9 Å². The van der Waals surface area contributed by atoms with E-state index in [2.05, 4.69) is 16.9 Å². The van der Waals surface area contributed by atoms with Crippen LogP contribution in [0.25, 0.3) is 16.8 Å².